The van der Waals surface area contributed by atoms with E-state index in [1.807, 2.05) is 0 Å². The van der Waals surface area contributed by atoms with Crippen molar-refractivity contribution in [1.82, 2.24) is 10.2 Å². The summed E-state index contributed by atoms with van der Waals surface area (Å²) in [6.45, 7) is 7.57. The van der Waals surface area contributed by atoms with E-state index in [0.717, 1.165) is 12.0 Å². The number of rotatable bonds is 1. The predicted octanol–water partition coefficient (Wildman–Crippen LogP) is 1.47. The summed E-state index contributed by atoms with van der Waals surface area (Å²) in [6, 6.07) is 0.893. The van der Waals surface area contributed by atoms with Gasteiger partial charge in [-0.1, -0.05) is 6.92 Å². The zero-order valence-electron chi connectivity index (χ0n) is 8.76. The van der Waals surface area contributed by atoms with E-state index < -0.39 is 0 Å². The van der Waals surface area contributed by atoms with Gasteiger partial charge in [0.05, 0.1) is 0 Å². The van der Waals surface area contributed by atoms with Crippen LogP contribution in [0.2, 0.25) is 0 Å². The lowest BCUT2D eigenvalue weighted by molar-refractivity contribution is 0.108. The van der Waals surface area contributed by atoms with Crippen LogP contribution in [-0.2, 0) is 0 Å². The highest BCUT2D eigenvalue weighted by Gasteiger charge is 2.24. The van der Waals surface area contributed by atoms with Crippen LogP contribution in [0.15, 0.2) is 0 Å². The normalized spacial score (nSPS) is 33.5. The summed E-state index contributed by atoms with van der Waals surface area (Å²) in [6.07, 6.45) is 5.60. The lowest BCUT2D eigenvalue weighted by atomic mass is 9.96. The Bertz CT molecular complexity index is 152. The fraction of sp³-hybridized carbons (Fsp3) is 1.00. The van der Waals surface area contributed by atoms with E-state index in [4.69, 9.17) is 0 Å². The fourth-order valence-corrected chi connectivity index (χ4v) is 2.73. The largest absolute Gasteiger partial charge is 0.317 e. The summed E-state index contributed by atoms with van der Waals surface area (Å²) in [5.74, 6) is 0.934. The molecule has 2 nitrogen and oxygen atoms in total. The summed E-state index contributed by atoms with van der Waals surface area (Å²) < 4.78 is 0. The number of nitrogens with zero attached hydrogens (tertiary/aromatic N) is 1. The van der Waals surface area contributed by atoms with Crippen LogP contribution in [0.25, 0.3) is 0 Å². The van der Waals surface area contributed by atoms with Crippen molar-refractivity contribution in [3.8, 4) is 0 Å². The topological polar surface area (TPSA) is 15.3 Å². The third-order valence-corrected chi connectivity index (χ3v) is 3.51. The third kappa shape index (κ3) is 2.44. The molecule has 0 aliphatic carbocycles. The zero-order valence-corrected chi connectivity index (χ0v) is 8.76. The van der Waals surface area contributed by atoms with Gasteiger partial charge in [0.15, 0.2) is 0 Å². The van der Waals surface area contributed by atoms with Crippen molar-refractivity contribution in [3.05, 3.63) is 0 Å². The summed E-state index contributed by atoms with van der Waals surface area (Å²) in [7, 11) is 0. The molecule has 2 aliphatic rings. The van der Waals surface area contributed by atoms with Crippen LogP contribution in [-0.4, -0.2) is 37.1 Å². The number of nitrogens with one attached hydrogen (secondary N) is 1. The van der Waals surface area contributed by atoms with Crippen molar-refractivity contribution in [2.45, 2.75) is 38.6 Å². The SMILES string of the molecule is C[C@@H]1CCCN(C2CCNCC2)C1. The first kappa shape index (κ1) is 9.47. The second-order valence-corrected chi connectivity index (χ2v) is 4.72. The molecule has 2 heterocycles. The Morgan fingerprint density at radius 1 is 1.15 bits per heavy atom. The lowest BCUT2D eigenvalue weighted by Crippen LogP contribution is -2.47. The number of piperidine rings is 2. The van der Waals surface area contributed by atoms with Gasteiger partial charge in [-0.25, -0.2) is 0 Å². The number of hydrogen-bond acceptors (Lipinski definition) is 2. The van der Waals surface area contributed by atoms with Gasteiger partial charge in [0.1, 0.15) is 0 Å². The van der Waals surface area contributed by atoms with E-state index in [1.165, 1.54) is 51.9 Å². The lowest BCUT2D eigenvalue weighted by Gasteiger charge is -2.39. The van der Waals surface area contributed by atoms with Crippen LogP contribution in [0.3, 0.4) is 0 Å². The minimum absolute atomic E-state index is 0.893. The van der Waals surface area contributed by atoms with E-state index >= 15 is 0 Å². The molecule has 2 rings (SSSR count). The molecule has 0 aromatic rings. The molecule has 2 aliphatic heterocycles. The smallest absolute Gasteiger partial charge is 0.0119 e. The molecule has 0 unspecified atom stereocenters. The molecule has 2 saturated heterocycles. The molecule has 0 spiro atoms. The Hall–Kier alpha value is -0.0800. The summed E-state index contributed by atoms with van der Waals surface area (Å²) in [5.41, 5.74) is 0. The molecule has 2 heteroatoms. The molecule has 0 saturated carbocycles. The van der Waals surface area contributed by atoms with E-state index in [0.29, 0.717) is 0 Å². The average molecular weight is 182 g/mol. The second kappa shape index (κ2) is 4.43. The highest BCUT2D eigenvalue weighted by Crippen LogP contribution is 2.21. The molecule has 1 atom stereocenters. The first-order valence-electron chi connectivity index (χ1n) is 5.81. The van der Waals surface area contributed by atoms with Gasteiger partial charge in [-0.2, -0.15) is 0 Å². The molecule has 76 valence electrons. The molecule has 0 bridgehead atoms. The Labute approximate surface area is 81.7 Å². The van der Waals surface area contributed by atoms with Gasteiger partial charge >= 0.3 is 0 Å². The van der Waals surface area contributed by atoms with Gasteiger partial charge in [-0.15, -0.1) is 0 Å². The maximum Gasteiger partial charge on any atom is 0.0119 e. The second-order valence-electron chi connectivity index (χ2n) is 4.72. The maximum absolute atomic E-state index is 3.44. The number of hydrogen-bond donors (Lipinski definition) is 1. The summed E-state index contributed by atoms with van der Waals surface area (Å²) in [4.78, 5) is 2.73. The quantitative estimate of drug-likeness (QED) is 0.660. The van der Waals surface area contributed by atoms with E-state index in [-0.39, 0.29) is 0 Å². The monoisotopic (exact) mass is 182 g/mol. The number of likely N-dealkylation sites (tertiary alicyclic amines) is 1. The van der Waals surface area contributed by atoms with Crippen LogP contribution < -0.4 is 5.32 Å². The van der Waals surface area contributed by atoms with E-state index in [2.05, 4.69) is 17.1 Å². The van der Waals surface area contributed by atoms with E-state index in [9.17, 15) is 0 Å². The Morgan fingerprint density at radius 2 is 1.92 bits per heavy atom. The van der Waals surface area contributed by atoms with Crippen LogP contribution in [0.5, 0.6) is 0 Å². The average Bonchev–Trinajstić information content (AvgIpc) is 2.19. The van der Waals surface area contributed by atoms with Crippen molar-refractivity contribution < 1.29 is 0 Å². The molecular formula is C11H22N2. The molecule has 1 N–H and O–H groups in total. The van der Waals surface area contributed by atoms with Crippen LogP contribution in [0.4, 0.5) is 0 Å². The molecule has 0 aromatic heterocycles. The highest BCUT2D eigenvalue weighted by molar-refractivity contribution is 4.81. The van der Waals surface area contributed by atoms with Gasteiger partial charge in [0.25, 0.3) is 0 Å². The van der Waals surface area contributed by atoms with Gasteiger partial charge in [0, 0.05) is 12.6 Å². The van der Waals surface area contributed by atoms with Crippen LogP contribution in [0, 0.1) is 5.92 Å². The van der Waals surface area contributed by atoms with Gasteiger partial charge in [-0.3, -0.25) is 0 Å². The van der Waals surface area contributed by atoms with Crippen LogP contribution >= 0.6 is 0 Å². The van der Waals surface area contributed by atoms with Crippen molar-refractivity contribution >= 4 is 0 Å². The molecule has 13 heavy (non-hydrogen) atoms. The van der Waals surface area contributed by atoms with Gasteiger partial charge < -0.3 is 10.2 Å². The Balaban J connectivity index is 1.83. The minimum Gasteiger partial charge on any atom is -0.317 e. The molecule has 0 aromatic carbocycles. The standard InChI is InChI=1S/C11H22N2/c1-10-3-2-8-13(9-10)11-4-6-12-7-5-11/h10-12H,2-9H2,1H3/t10-/m1/s1. The van der Waals surface area contributed by atoms with Crippen molar-refractivity contribution in [1.29, 1.82) is 0 Å². The molecular weight excluding hydrogens is 160 g/mol. The molecule has 0 radical (unpaired) electrons. The summed E-state index contributed by atoms with van der Waals surface area (Å²) in [5, 5.41) is 3.44. The third-order valence-electron chi connectivity index (χ3n) is 3.51. The molecule has 0 amide bonds. The minimum atomic E-state index is 0.893. The Morgan fingerprint density at radius 3 is 2.62 bits per heavy atom. The van der Waals surface area contributed by atoms with Crippen LogP contribution in [0.1, 0.15) is 32.6 Å². The van der Waals surface area contributed by atoms with E-state index in [1.54, 1.807) is 0 Å². The van der Waals surface area contributed by atoms with Crippen molar-refractivity contribution in [3.63, 3.8) is 0 Å². The van der Waals surface area contributed by atoms with Gasteiger partial charge in [0.2, 0.25) is 0 Å². The molecule has 2 fully saturated rings. The first-order valence-corrected chi connectivity index (χ1v) is 5.81. The maximum atomic E-state index is 3.44. The fourth-order valence-electron chi connectivity index (χ4n) is 2.73. The Kier molecular flexibility index (Phi) is 3.23. The zero-order chi connectivity index (χ0) is 9.10. The van der Waals surface area contributed by atoms with Gasteiger partial charge in [-0.05, 0) is 51.2 Å². The first-order chi connectivity index (χ1) is 6.36. The predicted molar refractivity (Wildman–Crippen MR) is 55.9 cm³/mol. The highest BCUT2D eigenvalue weighted by atomic mass is 15.2. The summed E-state index contributed by atoms with van der Waals surface area (Å²) >= 11 is 0. The van der Waals surface area contributed by atoms with Crippen molar-refractivity contribution in [2.75, 3.05) is 26.2 Å². The van der Waals surface area contributed by atoms with Crippen molar-refractivity contribution in [2.24, 2.45) is 5.92 Å².